The molecule has 16 heavy (non-hydrogen) atoms. The minimum atomic E-state index is 0.730. The van der Waals surface area contributed by atoms with E-state index in [2.05, 4.69) is 56.0 Å². The van der Waals surface area contributed by atoms with E-state index in [1.807, 2.05) is 30.3 Å². The van der Waals surface area contributed by atoms with E-state index >= 15 is 0 Å². The average Bonchev–Trinajstić information content (AvgIpc) is 2.25. The van der Waals surface area contributed by atoms with Crippen molar-refractivity contribution in [2.75, 3.05) is 11.1 Å². The fraction of sp³-hybridized carbons (Fsp3) is 0. The molecule has 0 aromatic heterocycles. The molecule has 0 aliphatic heterocycles. The van der Waals surface area contributed by atoms with Crippen molar-refractivity contribution in [2.45, 2.75) is 0 Å². The van der Waals surface area contributed by atoms with Gasteiger partial charge in [0, 0.05) is 13.7 Å². The molecule has 2 rings (SSSR count). The van der Waals surface area contributed by atoms with Gasteiger partial charge in [-0.3, -0.25) is 0 Å². The van der Waals surface area contributed by atoms with E-state index < -0.39 is 0 Å². The first-order valence-corrected chi connectivity index (χ1v) is 6.60. The van der Waals surface area contributed by atoms with Crippen molar-refractivity contribution in [3.8, 4) is 0 Å². The third kappa shape index (κ3) is 2.89. The topological polar surface area (TPSA) is 38.0 Å². The highest BCUT2D eigenvalue weighted by Crippen LogP contribution is 2.26. The van der Waals surface area contributed by atoms with Gasteiger partial charge in [0.15, 0.2) is 0 Å². The van der Waals surface area contributed by atoms with Gasteiger partial charge in [-0.1, -0.05) is 15.9 Å². The number of nitrogen functional groups attached to an aromatic ring is 1. The van der Waals surface area contributed by atoms with Gasteiger partial charge in [-0.05, 0) is 65.1 Å². The zero-order chi connectivity index (χ0) is 11.5. The minimum Gasteiger partial charge on any atom is -0.397 e. The molecule has 3 N–H and O–H groups in total. The Morgan fingerprint density at radius 3 is 2.38 bits per heavy atom. The van der Waals surface area contributed by atoms with Gasteiger partial charge < -0.3 is 11.1 Å². The number of nitrogens with one attached hydrogen (secondary N) is 1. The smallest absolute Gasteiger partial charge is 0.0618 e. The SMILES string of the molecule is Nc1cc(Br)ccc1Nc1ccc(I)cc1. The number of rotatable bonds is 2. The van der Waals surface area contributed by atoms with E-state index in [1.54, 1.807) is 0 Å². The van der Waals surface area contributed by atoms with Crippen LogP contribution < -0.4 is 11.1 Å². The molecule has 0 radical (unpaired) electrons. The second-order valence-corrected chi connectivity index (χ2v) is 5.52. The van der Waals surface area contributed by atoms with Crippen LogP contribution >= 0.6 is 38.5 Å². The fourth-order valence-corrected chi connectivity index (χ4v) is 2.07. The van der Waals surface area contributed by atoms with Gasteiger partial charge in [-0.15, -0.1) is 0 Å². The summed E-state index contributed by atoms with van der Waals surface area (Å²) < 4.78 is 2.20. The summed E-state index contributed by atoms with van der Waals surface area (Å²) in [7, 11) is 0. The van der Waals surface area contributed by atoms with E-state index in [-0.39, 0.29) is 0 Å². The zero-order valence-electron chi connectivity index (χ0n) is 8.37. The molecule has 0 bridgehead atoms. The maximum absolute atomic E-state index is 5.91. The Hall–Kier alpha value is -0.750. The highest BCUT2D eigenvalue weighted by molar-refractivity contribution is 14.1. The Bertz CT molecular complexity index is 497. The molecule has 0 unspecified atom stereocenters. The largest absolute Gasteiger partial charge is 0.397 e. The molecular weight excluding hydrogens is 379 g/mol. The predicted octanol–water partition coefficient (Wildman–Crippen LogP) is 4.38. The summed E-state index contributed by atoms with van der Waals surface area (Å²) in [4.78, 5) is 0. The van der Waals surface area contributed by atoms with Crippen LogP contribution in [0.3, 0.4) is 0 Å². The van der Waals surface area contributed by atoms with Crippen LogP contribution in [0.15, 0.2) is 46.9 Å². The molecule has 0 saturated carbocycles. The maximum Gasteiger partial charge on any atom is 0.0618 e. The summed E-state index contributed by atoms with van der Waals surface area (Å²) in [6, 6.07) is 14.0. The third-order valence-electron chi connectivity index (χ3n) is 2.14. The number of hydrogen-bond donors (Lipinski definition) is 2. The van der Waals surface area contributed by atoms with Crippen LogP contribution in [0.5, 0.6) is 0 Å². The molecule has 0 amide bonds. The van der Waals surface area contributed by atoms with Crippen LogP contribution in [0, 0.1) is 3.57 Å². The molecule has 0 fully saturated rings. The van der Waals surface area contributed by atoms with Crippen molar-refractivity contribution in [1.82, 2.24) is 0 Å². The quantitative estimate of drug-likeness (QED) is 0.591. The molecule has 82 valence electrons. The summed E-state index contributed by atoms with van der Waals surface area (Å²) in [5, 5.41) is 3.28. The van der Waals surface area contributed by atoms with Gasteiger partial charge in [-0.25, -0.2) is 0 Å². The minimum absolute atomic E-state index is 0.730. The van der Waals surface area contributed by atoms with Crippen LogP contribution in [0.2, 0.25) is 0 Å². The monoisotopic (exact) mass is 388 g/mol. The number of hydrogen-bond acceptors (Lipinski definition) is 2. The Kier molecular flexibility index (Phi) is 3.70. The van der Waals surface area contributed by atoms with Crippen LogP contribution in [-0.4, -0.2) is 0 Å². The lowest BCUT2D eigenvalue weighted by molar-refractivity contribution is 1.52. The zero-order valence-corrected chi connectivity index (χ0v) is 12.1. The van der Waals surface area contributed by atoms with E-state index in [9.17, 15) is 0 Å². The summed E-state index contributed by atoms with van der Waals surface area (Å²) in [6.45, 7) is 0. The summed E-state index contributed by atoms with van der Waals surface area (Å²) >= 11 is 5.66. The fourth-order valence-electron chi connectivity index (χ4n) is 1.34. The van der Waals surface area contributed by atoms with Crippen LogP contribution in [0.1, 0.15) is 0 Å². The van der Waals surface area contributed by atoms with Crippen molar-refractivity contribution in [3.63, 3.8) is 0 Å². The number of benzene rings is 2. The Morgan fingerprint density at radius 1 is 1.06 bits per heavy atom. The lowest BCUT2D eigenvalue weighted by atomic mass is 10.2. The van der Waals surface area contributed by atoms with Crippen LogP contribution in [-0.2, 0) is 0 Å². The third-order valence-corrected chi connectivity index (χ3v) is 3.35. The highest BCUT2D eigenvalue weighted by atomic mass is 127. The van der Waals surface area contributed by atoms with Gasteiger partial charge in [0.25, 0.3) is 0 Å². The van der Waals surface area contributed by atoms with Crippen LogP contribution in [0.4, 0.5) is 17.1 Å². The Balaban J connectivity index is 2.23. The molecule has 0 atom stereocenters. The molecule has 2 aromatic rings. The van der Waals surface area contributed by atoms with Gasteiger partial charge in [0.05, 0.1) is 11.4 Å². The van der Waals surface area contributed by atoms with Crippen molar-refractivity contribution in [2.24, 2.45) is 0 Å². The van der Waals surface area contributed by atoms with Gasteiger partial charge in [0.2, 0.25) is 0 Å². The van der Waals surface area contributed by atoms with Gasteiger partial charge >= 0.3 is 0 Å². The molecule has 0 heterocycles. The second kappa shape index (κ2) is 5.05. The van der Waals surface area contributed by atoms with E-state index in [0.29, 0.717) is 0 Å². The van der Waals surface area contributed by atoms with E-state index in [0.717, 1.165) is 21.5 Å². The van der Waals surface area contributed by atoms with Crippen molar-refractivity contribution in [3.05, 3.63) is 50.5 Å². The summed E-state index contributed by atoms with van der Waals surface area (Å²) in [5.74, 6) is 0. The molecule has 2 aromatic carbocycles. The molecule has 2 nitrogen and oxygen atoms in total. The molecular formula is C12H10BrIN2. The normalized spacial score (nSPS) is 10.1. The molecule has 0 spiro atoms. The lowest BCUT2D eigenvalue weighted by Crippen LogP contribution is -1.95. The maximum atomic E-state index is 5.91. The Morgan fingerprint density at radius 2 is 1.75 bits per heavy atom. The number of halogens is 2. The number of nitrogens with two attached hydrogens (primary N) is 1. The second-order valence-electron chi connectivity index (χ2n) is 3.36. The number of anilines is 3. The van der Waals surface area contributed by atoms with E-state index in [4.69, 9.17) is 5.73 Å². The lowest BCUT2D eigenvalue weighted by Gasteiger charge is -2.09. The van der Waals surface area contributed by atoms with Gasteiger partial charge in [0.1, 0.15) is 0 Å². The first-order valence-electron chi connectivity index (χ1n) is 4.73. The van der Waals surface area contributed by atoms with Crippen LogP contribution in [0.25, 0.3) is 0 Å². The average molecular weight is 389 g/mol. The highest BCUT2D eigenvalue weighted by Gasteiger charge is 2.00. The first-order chi connectivity index (χ1) is 7.65. The summed E-state index contributed by atoms with van der Waals surface area (Å²) in [5.41, 5.74) is 8.59. The van der Waals surface area contributed by atoms with Crippen molar-refractivity contribution in [1.29, 1.82) is 0 Å². The Labute approximate surface area is 117 Å². The molecule has 0 aliphatic rings. The first kappa shape index (κ1) is 11.7. The van der Waals surface area contributed by atoms with E-state index in [1.165, 1.54) is 3.57 Å². The molecule has 0 aliphatic carbocycles. The summed E-state index contributed by atoms with van der Waals surface area (Å²) in [6.07, 6.45) is 0. The predicted molar refractivity (Wildman–Crippen MR) is 81.0 cm³/mol. The van der Waals surface area contributed by atoms with Crippen molar-refractivity contribution < 1.29 is 0 Å². The standard InChI is InChI=1S/C12H10BrIN2/c13-8-1-6-12(11(15)7-8)16-10-4-2-9(14)3-5-10/h1-7,16H,15H2. The van der Waals surface area contributed by atoms with Gasteiger partial charge in [-0.2, -0.15) is 0 Å². The van der Waals surface area contributed by atoms with Crippen molar-refractivity contribution >= 4 is 55.6 Å². The molecule has 0 saturated heterocycles. The molecule has 4 heteroatoms.